The number of rotatable bonds is 5. The summed E-state index contributed by atoms with van der Waals surface area (Å²) >= 11 is 0. The third-order valence-electron chi connectivity index (χ3n) is 3.15. The van der Waals surface area contributed by atoms with Crippen molar-refractivity contribution in [3.63, 3.8) is 0 Å². The Morgan fingerprint density at radius 3 is 2.65 bits per heavy atom. The SMILES string of the molecule is CCc1cc(CC(=O)c2cc(F)ccc2F)n(CC)n1. The van der Waals surface area contributed by atoms with E-state index in [1.54, 1.807) is 4.68 Å². The molecule has 0 bridgehead atoms. The van der Waals surface area contributed by atoms with E-state index >= 15 is 0 Å². The highest BCUT2D eigenvalue weighted by Gasteiger charge is 2.16. The fourth-order valence-electron chi connectivity index (χ4n) is 2.07. The van der Waals surface area contributed by atoms with E-state index in [4.69, 9.17) is 0 Å². The van der Waals surface area contributed by atoms with Gasteiger partial charge in [-0.25, -0.2) is 8.78 Å². The first-order valence-electron chi connectivity index (χ1n) is 6.59. The van der Waals surface area contributed by atoms with Crippen LogP contribution >= 0.6 is 0 Å². The number of nitrogens with zero attached hydrogens (tertiary/aromatic N) is 2. The standard InChI is InChI=1S/C15H16F2N2O/c1-3-11-8-12(19(4-2)18-11)9-15(20)13-7-10(16)5-6-14(13)17/h5-8H,3-4,9H2,1-2H3. The smallest absolute Gasteiger partial charge is 0.171 e. The van der Waals surface area contributed by atoms with E-state index in [0.717, 1.165) is 36.0 Å². The van der Waals surface area contributed by atoms with E-state index in [1.807, 2.05) is 19.9 Å². The molecule has 5 heteroatoms. The lowest BCUT2D eigenvalue weighted by Crippen LogP contribution is -2.11. The zero-order valence-electron chi connectivity index (χ0n) is 11.5. The summed E-state index contributed by atoms with van der Waals surface area (Å²) in [6.45, 7) is 4.53. The van der Waals surface area contributed by atoms with Crippen molar-refractivity contribution < 1.29 is 13.6 Å². The third kappa shape index (κ3) is 2.92. The molecule has 2 rings (SSSR count). The number of ketones is 1. The van der Waals surface area contributed by atoms with Gasteiger partial charge in [-0.1, -0.05) is 6.92 Å². The quantitative estimate of drug-likeness (QED) is 0.787. The van der Waals surface area contributed by atoms with Gasteiger partial charge in [-0.05, 0) is 37.6 Å². The number of aryl methyl sites for hydroxylation is 2. The van der Waals surface area contributed by atoms with E-state index < -0.39 is 17.4 Å². The largest absolute Gasteiger partial charge is 0.294 e. The average molecular weight is 278 g/mol. The molecule has 2 aromatic rings. The number of carbonyl (C=O) groups is 1. The molecular formula is C15H16F2N2O. The first-order chi connectivity index (χ1) is 9.55. The van der Waals surface area contributed by atoms with Crippen molar-refractivity contribution in [3.05, 3.63) is 52.9 Å². The van der Waals surface area contributed by atoms with Crippen molar-refractivity contribution in [1.29, 1.82) is 0 Å². The summed E-state index contributed by atoms with van der Waals surface area (Å²) in [5, 5.41) is 4.33. The van der Waals surface area contributed by atoms with E-state index in [1.165, 1.54) is 0 Å². The summed E-state index contributed by atoms with van der Waals surface area (Å²) in [6.07, 6.45) is 0.781. The van der Waals surface area contributed by atoms with Gasteiger partial charge < -0.3 is 0 Å². The Kier molecular flexibility index (Phi) is 4.27. The monoisotopic (exact) mass is 278 g/mol. The highest BCUT2D eigenvalue weighted by atomic mass is 19.1. The molecule has 106 valence electrons. The maximum atomic E-state index is 13.6. The number of aromatic nitrogens is 2. The van der Waals surface area contributed by atoms with Crippen LogP contribution in [-0.4, -0.2) is 15.6 Å². The number of carbonyl (C=O) groups excluding carboxylic acids is 1. The lowest BCUT2D eigenvalue weighted by molar-refractivity contribution is 0.0986. The van der Waals surface area contributed by atoms with Crippen LogP contribution in [0.25, 0.3) is 0 Å². The van der Waals surface area contributed by atoms with Crippen LogP contribution in [0.2, 0.25) is 0 Å². The highest BCUT2D eigenvalue weighted by molar-refractivity contribution is 5.97. The summed E-state index contributed by atoms with van der Waals surface area (Å²) in [7, 11) is 0. The van der Waals surface area contributed by atoms with Crippen LogP contribution in [0.5, 0.6) is 0 Å². The number of hydrogen-bond acceptors (Lipinski definition) is 2. The Bertz CT molecular complexity index is 635. The zero-order valence-corrected chi connectivity index (χ0v) is 11.5. The second kappa shape index (κ2) is 5.94. The van der Waals surface area contributed by atoms with E-state index in [2.05, 4.69) is 5.10 Å². The topological polar surface area (TPSA) is 34.9 Å². The summed E-state index contributed by atoms with van der Waals surface area (Å²) < 4.78 is 28.4. The Balaban J connectivity index is 2.27. The van der Waals surface area contributed by atoms with Crippen molar-refractivity contribution >= 4 is 5.78 Å². The van der Waals surface area contributed by atoms with Crippen molar-refractivity contribution in [2.75, 3.05) is 0 Å². The minimum atomic E-state index is -0.699. The van der Waals surface area contributed by atoms with Crippen molar-refractivity contribution in [3.8, 4) is 0 Å². The number of halogens is 2. The lowest BCUT2D eigenvalue weighted by Gasteiger charge is -2.05. The molecule has 0 N–H and O–H groups in total. The summed E-state index contributed by atoms with van der Waals surface area (Å²) in [5.74, 6) is -1.76. The summed E-state index contributed by atoms with van der Waals surface area (Å²) in [6, 6.07) is 4.73. The zero-order chi connectivity index (χ0) is 14.7. The summed E-state index contributed by atoms with van der Waals surface area (Å²) in [5.41, 5.74) is 1.39. The van der Waals surface area contributed by atoms with E-state index in [-0.39, 0.29) is 12.0 Å². The molecule has 1 aromatic heterocycles. The second-order valence-corrected chi connectivity index (χ2v) is 4.52. The van der Waals surface area contributed by atoms with Crippen molar-refractivity contribution in [2.24, 2.45) is 0 Å². The van der Waals surface area contributed by atoms with Crippen LogP contribution < -0.4 is 0 Å². The fourth-order valence-corrected chi connectivity index (χ4v) is 2.07. The van der Waals surface area contributed by atoms with Crippen LogP contribution in [0.3, 0.4) is 0 Å². The van der Waals surface area contributed by atoms with Crippen molar-refractivity contribution in [1.82, 2.24) is 9.78 Å². The van der Waals surface area contributed by atoms with Crippen LogP contribution in [-0.2, 0) is 19.4 Å². The number of benzene rings is 1. The molecule has 0 atom stereocenters. The molecule has 0 fully saturated rings. The molecule has 0 aliphatic carbocycles. The molecule has 0 aliphatic heterocycles. The van der Waals surface area contributed by atoms with E-state index in [9.17, 15) is 13.6 Å². The number of Topliss-reactive ketones (excluding diaryl/α,β-unsaturated/α-hetero) is 1. The molecule has 1 aromatic carbocycles. The predicted molar refractivity (Wildman–Crippen MR) is 71.7 cm³/mol. The summed E-state index contributed by atoms with van der Waals surface area (Å²) in [4.78, 5) is 12.1. The first-order valence-corrected chi connectivity index (χ1v) is 6.59. The second-order valence-electron chi connectivity index (χ2n) is 4.52. The number of hydrogen-bond donors (Lipinski definition) is 0. The van der Waals surface area contributed by atoms with Crippen LogP contribution in [0.1, 0.15) is 35.6 Å². The normalized spacial score (nSPS) is 10.8. The van der Waals surface area contributed by atoms with E-state index in [0.29, 0.717) is 6.54 Å². The lowest BCUT2D eigenvalue weighted by atomic mass is 10.1. The van der Waals surface area contributed by atoms with Gasteiger partial charge in [0.05, 0.1) is 17.7 Å². The Morgan fingerprint density at radius 2 is 2.00 bits per heavy atom. The van der Waals surface area contributed by atoms with Crippen LogP contribution in [0, 0.1) is 11.6 Å². The molecule has 20 heavy (non-hydrogen) atoms. The molecule has 0 unspecified atom stereocenters. The average Bonchev–Trinajstić information content (AvgIpc) is 2.83. The van der Waals surface area contributed by atoms with Gasteiger partial charge in [-0.15, -0.1) is 0 Å². The van der Waals surface area contributed by atoms with Gasteiger partial charge in [0.25, 0.3) is 0 Å². The van der Waals surface area contributed by atoms with Gasteiger partial charge in [0.15, 0.2) is 5.78 Å². The van der Waals surface area contributed by atoms with Crippen molar-refractivity contribution in [2.45, 2.75) is 33.2 Å². The third-order valence-corrected chi connectivity index (χ3v) is 3.15. The first kappa shape index (κ1) is 14.4. The molecule has 0 saturated carbocycles. The Hall–Kier alpha value is -2.04. The fraction of sp³-hybridized carbons (Fsp3) is 0.333. The van der Waals surface area contributed by atoms with Gasteiger partial charge in [0.1, 0.15) is 11.6 Å². The maximum Gasteiger partial charge on any atom is 0.171 e. The molecule has 0 amide bonds. The molecule has 0 radical (unpaired) electrons. The molecule has 0 saturated heterocycles. The molecule has 1 heterocycles. The van der Waals surface area contributed by atoms with Crippen LogP contribution in [0.4, 0.5) is 8.78 Å². The minimum absolute atomic E-state index is 0.0151. The maximum absolute atomic E-state index is 13.6. The molecule has 3 nitrogen and oxygen atoms in total. The van der Waals surface area contributed by atoms with Gasteiger partial charge in [-0.3, -0.25) is 9.48 Å². The van der Waals surface area contributed by atoms with Crippen LogP contribution in [0.15, 0.2) is 24.3 Å². The minimum Gasteiger partial charge on any atom is -0.294 e. The van der Waals surface area contributed by atoms with Gasteiger partial charge in [-0.2, -0.15) is 5.10 Å². The van der Waals surface area contributed by atoms with Gasteiger partial charge in [0.2, 0.25) is 0 Å². The Morgan fingerprint density at radius 1 is 1.25 bits per heavy atom. The van der Waals surface area contributed by atoms with Gasteiger partial charge in [0, 0.05) is 12.2 Å². The predicted octanol–water partition coefficient (Wildman–Crippen LogP) is 3.17. The highest BCUT2D eigenvalue weighted by Crippen LogP contribution is 2.14. The molecule has 0 spiro atoms. The Labute approximate surface area is 116 Å². The molecule has 0 aliphatic rings. The van der Waals surface area contributed by atoms with Gasteiger partial charge >= 0.3 is 0 Å². The molecular weight excluding hydrogens is 262 g/mol.